The average molecular weight is 451 g/mol. The molecule has 2 aromatic carbocycles. The second-order valence-corrected chi connectivity index (χ2v) is 8.77. The van der Waals surface area contributed by atoms with Crippen LogP contribution in [0.25, 0.3) is 0 Å². The van der Waals surface area contributed by atoms with Gasteiger partial charge in [0.1, 0.15) is 5.75 Å². The van der Waals surface area contributed by atoms with Crippen molar-refractivity contribution >= 4 is 23.2 Å². The fourth-order valence-corrected chi connectivity index (χ4v) is 4.82. The molecule has 2 aliphatic heterocycles. The Bertz CT molecular complexity index is 987. The lowest BCUT2D eigenvalue weighted by Crippen LogP contribution is -2.41. The summed E-state index contributed by atoms with van der Waals surface area (Å²) in [6, 6.07) is 13.8. The van der Waals surface area contributed by atoms with Crippen molar-refractivity contribution in [2.24, 2.45) is 0 Å². The van der Waals surface area contributed by atoms with Crippen molar-refractivity contribution in [1.29, 1.82) is 0 Å². The van der Waals surface area contributed by atoms with E-state index in [0.29, 0.717) is 24.6 Å². The third-order valence-electron chi connectivity index (χ3n) is 6.52. The highest BCUT2D eigenvalue weighted by atomic mass is 16.5. The van der Waals surface area contributed by atoms with Crippen LogP contribution < -0.4 is 20.3 Å². The fourth-order valence-electron chi connectivity index (χ4n) is 4.82. The van der Waals surface area contributed by atoms with E-state index in [2.05, 4.69) is 45.7 Å². The lowest BCUT2D eigenvalue weighted by molar-refractivity contribution is -0.136. The predicted molar refractivity (Wildman–Crippen MR) is 131 cm³/mol. The number of ether oxygens (including phenoxy) is 1. The van der Waals surface area contributed by atoms with Gasteiger partial charge in [-0.05, 0) is 75.0 Å². The first-order valence-corrected chi connectivity index (χ1v) is 12.0. The third kappa shape index (κ3) is 5.47. The van der Waals surface area contributed by atoms with Gasteiger partial charge in [-0.3, -0.25) is 14.5 Å². The number of anilines is 2. The number of hydrogen-bond donors (Lipinski definition) is 2. The van der Waals surface area contributed by atoms with Crippen molar-refractivity contribution in [2.45, 2.75) is 38.6 Å². The Morgan fingerprint density at radius 3 is 2.61 bits per heavy atom. The highest BCUT2D eigenvalue weighted by Crippen LogP contribution is 2.32. The van der Waals surface area contributed by atoms with Gasteiger partial charge in [-0.1, -0.05) is 24.3 Å². The maximum Gasteiger partial charge on any atom is 0.313 e. The van der Waals surface area contributed by atoms with Gasteiger partial charge >= 0.3 is 11.8 Å². The summed E-state index contributed by atoms with van der Waals surface area (Å²) >= 11 is 0. The zero-order valence-corrected chi connectivity index (χ0v) is 19.6. The number of nitrogens with one attached hydrogen (secondary N) is 2. The Kier molecular flexibility index (Phi) is 7.50. The Balaban J connectivity index is 1.44. The van der Waals surface area contributed by atoms with Gasteiger partial charge in [0.15, 0.2) is 0 Å². The molecule has 0 saturated carbocycles. The van der Waals surface area contributed by atoms with E-state index in [0.717, 1.165) is 45.3 Å². The van der Waals surface area contributed by atoms with Gasteiger partial charge in [-0.15, -0.1) is 0 Å². The van der Waals surface area contributed by atoms with Crippen LogP contribution in [0.1, 0.15) is 43.4 Å². The number of rotatable bonds is 7. The number of amides is 2. The lowest BCUT2D eigenvalue weighted by Gasteiger charge is -2.31. The summed E-state index contributed by atoms with van der Waals surface area (Å²) in [6.07, 6.45) is 4.55. The van der Waals surface area contributed by atoms with Crippen LogP contribution >= 0.6 is 0 Å². The summed E-state index contributed by atoms with van der Waals surface area (Å²) < 4.78 is 5.54. The van der Waals surface area contributed by atoms with Crippen molar-refractivity contribution in [2.75, 3.05) is 50.1 Å². The van der Waals surface area contributed by atoms with Crippen LogP contribution in [0, 0.1) is 0 Å². The normalized spacial score (nSPS) is 16.7. The Morgan fingerprint density at radius 2 is 1.82 bits per heavy atom. The average Bonchev–Trinajstić information content (AvgIpc) is 3.35. The first kappa shape index (κ1) is 23.1. The van der Waals surface area contributed by atoms with Gasteiger partial charge in [0.05, 0.1) is 18.3 Å². The Morgan fingerprint density at radius 1 is 1.03 bits per heavy atom. The molecule has 1 fully saturated rings. The first-order valence-electron chi connectivity index (χ1n) is 12.0. The molecule has 0 unspecified atom stereocenters. The molecule has 176 valence electrons. The number of benzene rings is 2. The van der Waals surface area contributed by atoms with E-state index in [1.54, 1.807) is 18.2 Å². The molecule has 2 aliphatic rings. The molecule has 0 bridgehead atoms. The number of likely N-dealkylation sites (tertiary alicyclic amines) is 1. The molecular formula is C26H34N4O3. The number of para-hydroxylation sites is 2. The molecule has 0 aliphatic carbocycles. The van der Waals surface area contributed by atoms with Gasteiger partial charge in [-0.25, -0.2) is 0 Å². The highest BCUT2D eigenvalue weighted by Gasteiger charge is 2.26. The Labute approximate surface area is 196 Å². The largest absolute Gasteiger partial charge is 0.492 e. The van der Waals surface area contributed by atoms with E-state index in [1.165, 1.54) is 16.8 Å². The molecular weight excluding hydrogens is 416 g/mol. The summed E-state index contributed by atoms with van der Waals surface area (Å²) in [5.41, 5.74) is 4.35. The van der Waals surface area contributed by atoms with Crippen LogP contribution in [0.2, 0.25) is 0 Å². The van der Waals surface area contributed by atoms with Crippen LogP contribution in [0.5, 0.6) is 5.75 Å². The molecule has 0 spiro atoms. The van der Waals surface area contributed by atoms with E-state index in [4.69, 9.17) is 4.74 Å². The van der Waals surface area contributed by atoms with E-state index < -0.39 is 11.8 Å². The number of aryl methyl sites for hydroxylation is 1. The third-order valence-corrected chi connectivity index (χ3v) is 6.52. The lowest BCUT2D eigenvalue weighted by atomic mass is 9.96. The predicted octanol–water partition coefficient (Wildman–Crippen LogP) is 3.36. The molecule has 2 heterocycles. The van der Waals surface area contributed by atoms with Crippen molar-refractivity contribution in [1.82, 2.24) is 10.2 Å². The molecule has 7 heteroatoms. The van der Waals surface area contributed by atoms with Gasteiger partial charge in [0.2, 0.25) is 0 Å². The minimum absolute atomic E-state index is 0.0532. The molecule has 33 heavy (non-hydrogen) atoms. The van der Waals surface area contributed by atoms with Crippen LogP contribution in [0.4, 0.5) is 11.4 Å². The zero-order valence-electron chi connectivity index (χ0n) is 19.6. The second kappa shape index (κ2) is 10.7. The number of carbonyl (C=O) groups excluding carboxylic acids is 2. The summed E-state index contributed by atoms with van der Waals surface area (Å²) in [4.78, 5) is 29.9. The summed E-state index contributed by atoms with van der Waals surface area (Å²) in [5, 5.41) is 5.55. The highest BCUT2D eigenvalue weighted by molar-refractivity contribution is 6.39. The maximum absolute atomic E-state index is 12.7. The van der Waals surface area contributed by atoms with Gasteiger partial charge in [0.25, 0.3) is 0 Å². The Hall–Kier alpha value is -3.06. The van der Waals surface area contributed by atoms with Gasteiger partial charge in [0, 0.05) is 25.8 Å². The van der Waals surface area contributed by atoms with Crippen LogP contribution in [-0.2, 0) is 16.0 Å². The van der Waals surface area contributed by atoms with Gasteiger partial charge in [-0.2, -0.15) is 0 Å². The SMILES string of the molecule is CCOc1ccccc1NC(=O)C(=O)NC[C@H](c1ccc2c(c1)CCCN2C)N1CCCC1. The van der Waals surface area contributed by atoms with Crippen molar-refractivity contribution in [3.8, 4) is 5.75 Å². The van der Waals surface area contributed by atoms with Crippen LogP contribution in [0.3, 0.4) is 0 Å². The molecule has 2 amide bonds. The van der Waals surface area contributed by atoms with Crippen LogP contribution in [-0.4, -0.2) is 56.5 Å². The summed E-state index contributed by atoms with van der Waals surface area (Å²) in [7, 11) is 2.14. The zero-order chi connectivity index (χ0) is 23.2. The topological polar surface area (TPSA) is 73.9 Å². The molecule has 0 aromatic heterocycles. The first-order chi connectivity index (χ1) is 16.1. The standard InChI is InChI=1S/C26H34N4O3/c1-3-33-24-11-5-4-10-21(24)28-26(32)25(31)27-18-23(30-15-6-7-16-30)20-12-13-22-19(17-20)9-8-14-29(22)2/h4-5,10-13,17,23H,3,6-9,14-16,18H2,1-2H3,(H,27,31)(H,28,32)/t23-/m1/s1. The number of nitrogens with zero attached hydrogens (tertiary/aromatic N) is 2. The quantitative estimate of drug-likeness (QED) is 0.633. The molecule has 2 aromatic rings. The van der Waals surface area contributed by atoms with E-state index in [-0.39, 0.29) is 6.04 Å². The number of fused-ring (bicyclic) bond motifs is 1. The summed E-state index contributed by atoms with van der Waals surface area (Å²) in [6.45, 7) is 5.85. The van der Waals surface area contributed by atoms with Crippen LogP contribution in [0.15, 0.2) is 42.5 Å². The monoisotopic (exact) mass is 450 g/mol. The molecule has 4 rings (SSSR count). The molecule has 1 atom stereocenters. The van der Waals surface area contributed by atoms with Crippen molar-refractivity contribution in [3.05, 3.63) is 53.6 Å². The van der Waals surface area contributed by atoms with E-state index >= 15 is 0 Å². The second-order valence-electron chi connectivity index (χ2n) is 8.77. The molecule has 1 saturated heterocycles. The molecule has 2 N–H and O–H groups in total. The van der Waals surface area contributed by atoms with Crippen molar-refractivity contribution in [3.63, 3.8) is 0 Å². The molecule has 7 nitrogen and oxygen atoms in total. The number of hydrogen-bond acceptors (Lipinski definition) is 5. The van der Waals surface area contributed by atoms with Gasteiger partial charge < -0.3 is 20.3 Å². The van der Waals surface area contributed by atoms with E-state index in [1.807, 2.05) is 13.0 Å². The smallest absolute Gasteiger partial charge is 0.313 e. The summed E-state index contributed by atoms with van der Waals surface area (Å²) in [5.74, 6) is -0.771. The van der Waals surface area contributed by atoms with E-state index in [9.17, 15) is 9.59 Å². The number of carbonyl (C=O) groups is 2. The molecule has 0 radical (unpaired) electrons. The minimum atomic E-state index is -0.686. The van der Waals surface area contributed by atoms with Crippen molar-refractivity contribution < 1.29 is 14.3 Å². The maximum atomic E-state index is 12.7. The minimum Gasteiger partial charge on any atom is -0.492 e. The fraction of sp³-hybridized carbons (Fsp3) is 0.462.